The van der Waals surface area contributed by atoms with Crippen molar-refractivity contribution in [2.75, 3.05) is 0 Å². The first-order chi connectivity index (χ1) is 10.7. The Hall–Kier alpha value is -1.12. The predicted octanol–water partition coefficient (Wildman–Crippen LogP) is 5.68. The van der Waals surface area contributed by atoms with E-state index < -0.39 is 5.97 Å². The molecule has 1 N–H and O–H groups in total. The van der Waals surface area contributed by atoms with Gasteiger partial charge in [-0.1, -0.05) is 77.2 Å². The van der Waals surface area contributed by atoms with Gasteiger partial charge in [-0.3, -0.25) is 9.59 Å². The number of unbranched alkanes of at least 4 members (excludes halogenated alkanes) is 12. The number of carbonyl (C=O) groups excluding carboxylic acids is 1. The molecule has 3 nitrogen and oxygen atoms in total. The monoisotopic (exact) mass is 310 g/mol. The first kappa shape index (κ1) is 20.9. The van der Waals surface area contributed by atoms with Crippen molar-refractivity contribution in [1.29, 1.82) is 0 Å². The largest absolute Gasteiger partial charge is 0.481 e. The number of allylic oxidation sites excluding steroid dienone is 1. The van der Waals surface area contributed by atoms with Crippen LogP contribution in [0.15, 0.2) is 12.7 Å². The topological polar surface area (TPSA) is 54.4 Å². The Balaban J connectivity index is 3.04. The number of rotatable bonds is 17. The van der Waals surface area contributed by atoms with Crippen LogP contribution >= 0.6 is 0 Å². The van der Waals surface area contributed by atoms with Crippen molar-refractivity contribution in [2.24, 2.45) is 0 Å². The van der Waals surface area contributed by atoms with Crippen LogP contribution in [0.2, 0.25) is 0 Å². The molecule has 0 heterocycles. The average Bonchev–Trinajstić information content (AvgIpc) is 2.50. The maximum Gasteiger partial charge on any atom is 0.303 e. The van der Waals surface area contributed by atoms with Gasteiger partial charge in [0.1, 0.15) is 0 Å². The summed E-state index contributed by atoms with van der Waals surface area (Å²) in [6.07, 6.45) is 18.0. The molecule has 0 unspecified atom stereocenters. The van der Waals surface area contributed by atoms with Crippen molar-refractivity contribution in [2.45, 2.75) is 96.3 Å². The maximum atomic E-state index is 11.0. The molecule has 0 fully saturated rings. The molecule has 0 aliphatic heterocycles. The Morgan fingerprint density at radius 3 is 1.27 bits per heavy atom. The summed E-state index contributed by atoms with van der Waals surface area (Å²) < 4.78 is 0. The highest BCUT2D eigenvalue weighted by atomic mass is 16.4. The van der Waals surface area contributed by atoms with E-state index in [2.05, 4.69) is 6.58 Å². The Morgan fingerprint density at radius 1 is 0.636 bits per heavy atom. The number of hydrogen-bond donors (Lipinski definition) is 1. The van der Waals surface area contributed by atoms with E-state index in [1.165, 1.54) is 63.9 Å². The quantitative estimate of drug-likeness (QED) is 0.278. The Morgan fingerprint density at radius 2 is 0.955 bits per heavy atom. The molecule has 0 saturated carbocycles. The Labute approximate surface area is 136 Å². The van der Waals surface area contributed by atoms with Gasteiger partial charge in [-0.2, -0.15) is 0 Å². The van der Waals surface area contributed by atoms with Crippen molar-refractivity contribution < 1.29 is 14.7 Å². The molecule has 0 aliphatic rings. The van der Waals surface area contributed by atoms with E-state index in [0.717, 1.165) is 25.7 Å². The minimum atomic E-state index is -0.674. The third-order valence-corrected chi connectivity index (χ3v) is 4.04. The van der Waals surface area contributed by atoms with Crippen LogP contribution < -0.4 is 0 Å². The second-order valence-electron chi connectivity index (χ2n) is 6.16. The van der Waals surface area contributed by atoms with Gasteiger partial charge in [-0.25, -0.2) is 0 Å². The van der Waals surface area contributed by atoms with Gasteiger partial charge >= 0.3 is 5.97 Å². The van der Waals surface area contributed by atoms with Crippen LogP contribution in [0.5, 0.6) is 0 Å². The molecule has 0 bridgehead atoms. The van der Waals surface area contributed by atoms with E-state index >= 15 is 0 Å². The number of carboxylic acid groups (broad SMARTS) is 1. The highest BCUT2D eigenvalue weighted by Crippen LogP contribution is 2.13. The second-order valence-corrected chi connectivity index (χ2v) is 6.16. The predicted molar refractivity (Wildman–Crippen MR) is 92.1 cm³/mol. The van der Waals surface area contributed by atoms with E-state index in [9.17, 15) is 9.59 Å². The summed E-state index contributed by atoms with van der Waals surface area (Å²) in [4.78, 5) is 21.4. The fraction of sp³-hybridized carbons (Fsp3) is 0.789. The number of aliphatic carboxylic acids is 1. The van der Waals surface area contributed by atoms with Crippen molar-refractivity contribution in [3.63, 3.8) is 0 Å². The average molecular weight is 310 g/mol. The number of carboxylic acids is 1. The highest BCUT2D eigenvalue weighted by Gasteiger charge is 1.98. The van der Waals surface area contributed by atoms with Gasteiger partial charge in [0.25, 0.3) is 0 Å². The van der Waals surface area contributed by atoms with E-state index in [-0.39, 0.29) is 5.78 Å². The standard InChI is InChI=1S/C19H34O3/c1-2-18(20)16-14-12-10-8-6-4-3-5-7-9-11-13-15-17-19(21)22/h2H,1,3-17H2,(H,21,22). The molecule has 0 aliphatic carbocycles. The summed E-state index contributed by atoms with van der Waals surface area (Å²) in [6.45, 7) is 3.48. The summed E-state index contributed by atoms with van der Waals surface area (Å²) in [5.74, 6) is -0.504. The zero-order valence-corrected chi connectivity index (χ0v) is 14.2. The Kier molecular flexibility index (Phi) is 15.4. The summed E-state index contributed by atoms with van der Waals surface area (Å²) in [5.41, 5.74) is 0. The van der Waals surface area contributed by atoms with E-state index in [4.69, 9.17) is 5.11 Å². The van der Waals surface area contributed by atoms with Crippen LogP contribution in [-0.2, 0) is 9.59 Å². The molecular formula is C19H34O3. The molecule has 22 heavy (non-hydrogen) atoms. The van der Waals surface area contributed by atoms with Crippen molar-refractivity contribution in [3.05, 3.63) is 12.7 Å². The molecule has 128 valence electrons. The van der Waals surface area contributed by atoms with E-state index in [1.807, 2.05) is 0 Å². The van der Waals surface area contributed by atoms with Gasteiger partial charge < -0.3 is 5.11 Å². The SMILES string of the molecule is C=CC(=O)CCCCCCCCCCCCCCCC(=O)O. The first-order valence-electron chi connectivity index (χ1n) is 9.04. The van der Waals surface area contributed by atoms with Gasteiger partial charge in [-0.15, -0.1) is 0 Å². The van der Waals surface area contributed by atoms with Crippen LogP contribution in [0.1, 0.15) is 96.3 Å². The molecule has 0 saturated heterocycles. The van der Waals surface area contributed by atoms with Gasteiger partial charge in [-0.05, 0) is 18.9 Å². The summed E-state index contributed by atoms with van der Waals surface area (Å²) >= 11 is 0. The lowest BCUT2D eigenvalue weighted by Gasteiger charge is -2.03. The van der Waals surface area contributed by atoms with Crippen molar-refractivity contribution >= 4 is 11.8 Å². The molecular weight excluding hydrogens is 276 g/mol. The van der Waals surface area contributed by atoms with Gasteiger partial charge in [0.2, 0.25) is 0 Å². The first-order valence-corrected chi connectivity index (χ1v) is 9.04. The molecule has 0 aromatic rings. The minimum absolute atomic E-state index is 0.169. The van der Waals surface area contributed by atoms with E-state index in [1.54, 1.807) is 0 Å². The summed E-state index contributed by atoms with van der Waals surface area (Å²) in [5, 5.41) is 8.52. The van der Waals surface area contributed by atoms with Gasteiger partial charge in [0.05, 0.1) is 0 Å². The lowest BCUT2D eigenvalue weighted by Crippen LogP contribution is -1.93. The molecule has 0 aromatic carbocycles. The zero-order chi connectivity index (χ0) is 16.5. The fourth-order valence-corrected chi connectivity index (χ4v) is 2.62. The second kappa shape index (κ2) is 16.3. The number of hydrogen-bond acceptors (Lipinski definition) is 2. The molecule has 0 radical (unpaired) electrons. The molecule has 0 amide bonds. The Bertz CT molecular complexity index is 297. The van der Waals surface area contributed by atoms with Gasteiger partial charge in [0, 0.05) is 12.8 Å². The third kappa shape index (κ3) is 16.9. The van der Waals surface area contributed by atoms with Crippen LogP contribution in [-0.4, -0.2) is 16.9 Å². The fourth-order valence-electron chi connectivity index (χ4n) is 2.62. The van der Waals surface area contributed by atoms with E-state index in [0.29, 0.717) is 12.8 Å². The number of ketones is 1. The normalized spacial score (nSPS) is 10.5. The van der Waals surface area contributed by atoms with Crippen LogP contribution in [0.25, 0.3) is 0 Å². The molecule has 0 atom stereocenters. The summed E-state index contributed by atoms with van der Waals surface area (Å²) in [6, 6.07) is 0. The summed E-state index contributed by atoms with van der Waals surface area (Å²) in [7, 11) is 0. The minimum Gasteiger partial charge on any atom is -0.481 e. The zero-order valence-electron chi connectivity index (χ0n) is 14.2. The molecule has 0 aromatic heterocycles. The van der Waals surface area contributed by atoms with Crippen LogP contribution in [0.3, 0.4) is 0 Å². The number of carbonyl (C=O) groups is 2. The smallest absolute Gasteiger partial charge is 0.303 e. The molecule has 0 rings (SSSR count). The maximum absolute atomic E-state index is 11.0. The molecule has 3 heteroatoms. The van der Waals surface area contributed by atoms with Crippen LogP contribution in [0, 0.1) is 0 Å². The molecule has 0 spiro atoms. The van der Waals surface area contributed by atoms with Crippen LogP contribution in [0.4, 0.5) is 0 Å². The van der Waals surface area contributed by atoms with Gasteiger partial charge in [0.15, 0.2) is 5.78 Å². The van der Waals surface area contributed by atoms with Crippen molar-refractivity contribution in [1.82, 2.24) is 0 Å². The van der Waals surface area contributed by atoms with Crippen molar-refractivity contribution in [3.8, 4) is 0 Å². The highest BCUT2D eigenvalue weighted by molar-refractivity contribution is 5.88. The lowest BCUT2D eigenvalue weighted by atomic mass is 10.0. The third-order valence-electron chi connectivity index (χ3n) is 4.04. The lowest BCUT2D eigenvalue weighted by molar-refractivity contribution is -0.137.